The average Bonchev–Trinajstić information content (AvgIpc) is 2.47. The van der Waals surface area contributed by atoms with Crippen LogP contribution in [0, 0.1) is 5.92 Å². The molecule has 2 N–H and O–H groups in total. The minimum Gasteiger partial charge on any atom is -0.369 e. The Labute approximate surface area is 144 Å². The maximum atomic E-state index is 11.4. The highest BCUT2D eigenvalue weighted by atomic mass is 16.1. The molecule has 4 nitrogen and oxygen atoms in total. The molecular weight excluding hydrogens is 286 g/mol. The Morgan fingerprint density at radius 2 is 1.57 bits per heavy atom. The predicted molar refractivity (Wildman–Crippen MR) is 101 cm³/mol. The van der Waals surface area contributed by atoms with Crippen molar-refractivity contribution in [2.24, 2.45) is 11.7 Å². The zero-order chi connectivity index (χ0) is 18.0. The molecule has 23 heavy (non-hydrogen) atoms. The first-order chi connectivity index (χ1) is 10.7. The maximum Gasteiger partial charge on any atom is 0.220 e. The van der Waals surface area contributed by atoms with Crippen molar-refractivity contribution >= 4 is 5.91 Å². The second-order valence-electron chi connectivity index (χ2n) is 7.53. The highest BCUT2D eigenvalue weighted by Crippen LogP contribution is 2.18. The first-order valence-corrected chi connectivity index (χ1v) is 9.49. The quantitative estimate of drug-likeness (QED) is 0.597. The molecule has 0 aliphatic rings. The molecule has 0 rings (SSSR count). The molecule has 0 aliphatic heterocycles. The van der Waals surface area contributed by atoms with Gasteiger partial charge in [-0.3, -0.25) is 9.69 Å². The summed E-state index contributed by atoms with van der Waals surface area (Å²) in [5.74, 6) is -0.134. The Morgan fingerprint density at radius 3 is 1.91 bits per heavy atom. The van der Waals surface area contributed by atoms with Crippen molar-refractivity contribution < 1.29 is 4.79 Å². The largest absolute Gasteiger partial charge is 0.369 e. The van der Waals surface area contributed by atoms with Gasteiger partial charge in [-0.15, -0.1) is 0 Å². The van der Waals surface area contributed by atoms with Crippen LogP contribution in [0.4, 0.5) is 0 Å². The van der Waals surface area contributed by atoms with Gasteiger partial charge in [-0.2, -0.15) is 0 Å². The number of rotatable bonds is 12. The van der Waals surface area contributed by atoms with Crippen LogP contribution in [0.2, 0.25) is 0 Å². The Bertz CT molecular complexity index is 325. The summed E-state index contributed by atoms with van der Waals surface area (Å²) in [6, 6.07) is 0.585. The van der Waals surface area contributed by atoms with Crippen LogP contribution < -0.4 is 5.73 Å². The molecule has 0 radical (unpaired) electrons. The van der Waals surface area contributed by atoms with Gasteiger partial charge >= 0.3 is 0 Å². The molecule has 0 bridgehead atoms. The summed E-state index contributed by atoms with van der Waals surface area (Å²) in [6.07, 6.45) is 4.07. The van der Waals surface area contributed by atoms with Crippen LogP contribution in [-0.2, 0) is 4.79 Å². The molecule has 2 unspecified atom stereocenters. The fraction of sp³-hybridized carbons (Fsp3) is 0.947. The number of primary amides is 1. The lowest BCUT2D eigenvalue weighted by atomic mass is 9.99. The van der Waals surface area contributed by atoms with Gasteiger partial charge in [0.05, 0.1) is 0 Å². The summed E-state index contributed by atoms with van der Waals surface area (Å²) < 4.78 is 0. The SMILES string of the molecule is CCC(CCN(CC)C(CC)CCN(CC)C(C)(C)C)C(N)=O. The number of carbonyl (C=O) groups excluding carboxylic acids is 1. The first-order valence-electron chi connectivity index (χ1n) is 9.49. The van der Waals surface area contributed by atoms with E-state index in [1.54, 1.807) is 0 Å². The molecule has 0 saturated heterocycles. The topological polar surface area (TPSA) is 49.6 Å². The number of nitrogens with two attached hydrogens (primary N) is 1. The smallest absolute Gasteiger partial charge is 0.220 e. The normalized spacial score (nSPS) is 15.2. The molecule has 0 aromatic heterocycles. The van der Waals surface area contributed by atoms with Gasteiger partial charge in [0.2, 0.25) is 5.91 Å². The molecule has 0 heterocycles. The summed E-state index contributed by atoms with van der Waals surface area (Å²) >= 11 is 0. The minimum atomic E-state index is -0.151. The van der Waals surface area contributed by atoms with Gasteiger partial charge in [0.1, 0.15) is 0 Å². The zero-order valence-corrected chi connectivity index (χ0v) is 16.7. The second-order valence-corrected chi connectivity index (χ2v) is 7.53. The van der Waals surface area contributed by atoms with Gasteiger partial charge in [-0.25, -0.2) is 0 Å². The van der Waals surface area contributed by atoms with E-state index in [1.165, 1.54) is 6.42 Å². The van der Waals surface area contributed by atoms with Crippen molar-refractivity contribution in [1.29, 1.82) is 0 Å². The number of hydrogen-bond donors (Lipinski definition) is 1. The van der Waals surface area contributed by atoms with Gasteiger partial charge in [-0.05, 0) is 66.1 Å². The van der Waals surface area contributed by atoms with E-state index in [-0.39, 0.29) is 17.4 Å². The fourth-order valence-corrected chi connectivity index (χ4v) is 3.39. The first kappa shape index (κ1) is 22.4. The van der Waals surface area contributed by atoms with Crippen molar-refractivity contribution in [2.45, 2.75) is 85.7 Å². The molecule has 0 spiro atoms. The monoisotopic (exact) mass is 327 g/mol. The lowest BCUT2D eigenvalue weighted by Gasteiger charge is -2.38. The number of nitrogens with zero attached hydrogens (tertiary/aromatic N) is 2. The Morgan fingerprint density at radius 1 is 0.957 bits per heavy atom. The van der Waals surface area contributed by atoms with E-state index < -0.39 is 0 Å². The van der Waals surface area contributed by atoms with E-state index in [1.807, 2.05) is 6.92 Å². The van der Waals surface area contributed by atoms with Crippen LogP contribution in [-0.4, -0.2) is 53.5 Å². The van der Waals surface area contributed by atoms with E-state index in [0.717, 1.165) is 45.4 Å². The Kier molecular flexibility index (Phi) is 10.7. The van der Waals surface area contributed by atoms with Crippen LogP contribution in [0.1, 0.15) is 74.1 Å². The van der Waals surface area contributed by atoms with Crippen LogP contribution in [0.3, 0.4) is 0 Å². The molecule has 0 aromatic rings. The van der Waals surface area contributed by atoms with Crippen molar-refractivity contribution in [3.8, 4) is 0 Å². The summed E-state index contributed by atoms with van der Waals surface area (Å²) in [5, 5.41) is 0. The molecule has 4 heteroatoms. The average molecular weight is 328 g/mol. The van der Waals surface area contributed by atoms with Crippen LogP contribution >= 0.6 is 0 Å². The number of hydrogen-bond acceptors (Lipinski definition) is 3. The van der Waals surface area contributed by atoms with E-state index in [2.05, 4.69) is 51.3 Å². The summed E-state index contributed by atoms with van der Waals surface area (Å²) in [7, 11) is 0. The van der Waals surface area contributed by atoms with Gasteiger partial charge < -0.3 is 10.6 Å². The van der Waals surface area contributed by atoms with Crippen molar-refractivity contribution in [3.05, 3.63) is 0 Å². The molecule has 0 fully saturated rings. The van der Waals surface area contributed by atoms with Crippen molar-refractivity contribution in [1.82, 2.24) is 9.80 Å². The summed E-state index contributed by atoms with van der Waals surface area (Å²) in [5.41, 5.74) is 5.71. The third-order valence-electron chi connectivity index (χ3n) is 5.12. The summed E-state index contributed by atoms with van der Waals surface area (Å²) in [4.78, 5) is 16.5. The van der Waals surface area contributed by atoms with Crippen LogP contribution in [0.5, 0.6) is 0 Å². The van der Waals surface area contributed by atoms with Crippen LogP contribution in [0.15, 0.2) is 0 Å². The molecule has 2 atom stereocenters. The predicted octanol–water partition coefficient (Wildman–Crippen LogP) is 3.50. The highest BCUT2D eigenvalue weighted by Gasteiger charge is 2.23. The minimum absolute atomic E-state index is 0.0169. The zero-order valence-electron chi connectivity index (χ0n) is 16.7. The van der Waals surface area contributed by atoms with Gasteiger partial charge in [0.25, 0.3) is 0 Å². The Balaban J connectivity index is 4.61. The summed E-state index contributed by atoms with van der Waals surface area (Å²) in [6.45, 7) is 19.9. The highest BCUT2D eigenvalue weighted by molar-refractivity contribution is 5.76. The van der Waals surface area contributed by atoms with Crippen LogP contribution in [0.25, 0.3) is 0 Å². The number of carbonyl (C=O) groups is 1. The van der Waals surface area contributed by atoms with Crippen molar-refractivity contribution in [2.75, 3.05) is 26.2 Å². The van der Waals surface area contributed by atoms with E-state index in [0.29, 0.717) is 6.04 Å². The van der Waals surface area contributed by atoms with E-state index in [9.17, 15) is 4.79 Å². The third-order valence-corrected chi connectivity index (χ3v) is 5.12. The fourth-order valence-electron chi connectivity index (χ4n) is 3.39. The standard InChI is InChI=1S/C19H41N3O/c1-8-16(18(20)23)12-14-21(10-3)17(9-2)13-15-22(11-4)19(5,6)7/h16-17H,8-15H2,1-7H3,(H2,20,23). The van der Waals surface area contributed by atoms with Gasteiger partial charge in [0.15, 0.2) is 0 Å². The van der Waals surface area contributed by atoms with E-state index >= 15 is 0 Å². The molecule has 0 aromatic carbocycles. The third kappa shape index (κ3) is 8.16. The molecule has 0 aliphatic carbocycles. The van der Waals surface area contributed by atoms with Crippen molar-refractivity contribution in [3.63, 3.8) is 0 Å². The number of amides is 1. The van der Waals surface area contributed by atoms with Gasteiger partial charge in [-0.1, -0.05) is 27.7 Å². The molecule has 1 amide bonds. The molecule has 0 saturated carbocycles. The van der Waals surface area contributed by atoms with Gasteiger partial charge in [0, 0.05) is 24.0 Å². The lowest BCUT2D eigenvalue weighted by Crippen LogP contribution is -2.45. The Hall–Kier alpha value is -0.610. The molecular formula is C19H41N3O. The second kappa shape index (κ2) is 11.0. The lowest BCUT2D eigenvalue weighted by molar-refractivity contribution is -0.122. The molecule has 138 valence electrons. The van der Waals surface area contributed by atoms with E-state index in [4.69, 9.17) is 5.73 Å². The maximum absolute atomic E-state index is 11.4.